The van der Waals surface area contributed by atoms with Crippen molar-refractivity contribution in [3.05, 3.63) is 111 Å². The number of carbonyl (C=O) groups excluding carboxylic acids is 3. The third-order valence-corrected chi connectivity index (χ3v) is 13.6. The Hall–Kier alpha value is -4.97. The highest BCUT2D eigenvalue weighted by Gasteiger charge is 2.29. The summed E-state index contributed by atoms with van der Waals surface area (Å²) < 4.78 is 1.69. The normalized spacial score (nSPS) is 17.0. The number of rotatable bonds is 15. The number of halogens is 1. The van der Waals surface area contributed by atoms with Crippen LogP contribution in [-0.2, 0) is 35.4 Å². The molecule has 1 aliphatic carbocycles. The Morgan fingerprint density at radius 3 is 2.43 bits per heavy atom. The van der Waals surface area contributed by atoms with Crippen LogP contribution in [0, 0.1) is 11.8 Å². The van der Waals surface area contributed by atoms with Crippen LogP contribution in [0.1, 0.15) is 85.0 Å². The second-order valence-corrected chi connectivity index (χ2v) is 17.9. The molecule has 0 saturated carbocycles. The number of nitrogens with one attached hydrogen (secondary N) is 1. The van der Waals surface area contributed by atoms with Crippen molar-refractivity contribution in [1.82, 2.24) is 29.2 Å². The maximum atomic E-state index is 14.1. The van der Waals surface area contributed by atoms with Gasteiger partial charge >= 0.3 is 0 Å². The molecule has 320 valence electrons. The number of piperidine rings is 1. The fourth-order valence-electron chi connectivity index (χ4n) is 9.37. The molecule has 3 aliphatic rings. The molecule has 1 N–H and O–H groups in total. The number of hydrogen-bond acceptors (Lipinski definition) is 8. The third kappa shape index (κ3) is 10.6. The van der Waals surface area contributed by atoms with Crippen molar-refractivity contribution >= 4 is 56.7 Å². The summed E-state index contributed by atoms with van der Waals surface area (Å²) in [5, 5.41) is 5.19. The number of ketones is 1. The van der Waals surface area contributed by atoms with Crippen molar-refractivity contribution in [3.8, 4) is 0 Å². The van der Waals surface area contributed by atoms with Crippen LogP contribution >= 0.6 is 11.6 Å². The van der Waals surface area contributed by atoms with Gasteiger partial charge in [0.05, 0.1) is 27.8 Å². The average molecular weight is 845 g/mol. The summed E-state index contributed by atoms with van der Waals surface area (Å²) in [6, 6.07) is 21.2. The van der Waals surface area contributed by atoms with Crippen molar-refractivity contribution in [3.63, 3.8) is 0 Å². The van der Waals surface area contributed by atoms with Crippen LogP contribution in [0.15, 0.2) is 77.9 Å². The molecule has 2 fully saturated rings. The molecule has 4 heterocycles. The molecular weight excluding hydrogens is 786 g/mol. The first-order valence-electron chi connectivity index (χ1n) is 22.4. The predicted octanol–water partition coefficient (Wildman–Crippen LogP) is 7.59. The Bertz CT molecular complexity index is 2420. The van der Waals surface area contributed by atoms with E-state index in [4.69, 9.17) is 16.6 Å². The van der Waals surface area contributed by atoms with Gasteiger partial charge in [-0.25, -0.2) is 4.98 Å². The molecule has 8 rings (SSSR count). The molecule has 2 aromatic heterocycles. The number of Topliss-reactive ketones (excluding diaryl/α,β-unsaturated/α-hetero) is 1. The van der Waals surface area contributed by atoms with E-state index in [0.29, 0.717) is 73.9 Å². The monoisotopic (exact) mass is 843 g/mol. The summed E-state index contributed by atoms with van der Waals surface area (Å²) in [6.45, 7) is 6.53. The van der Waals surface area contributed by atoms with Gasteiger partial charge in [0.2, 0.25) is 11.8 Å². The second-order valence-electron chi connectivity index (χ2n) is 17.5. The summed E-state index contributed by atoms with van der Waals surface area (Å²) in [5.41, 5.74) is 5.91. The van der Waals surface area contributed by atoms with Crippen LogP contribution in [0.4, 0.5) is 5.69 Å². The quantitative estimate of drug-likeness (QED) is 0.0846. The Balaban J connectivity index is 0.828. The first-order chi connectivity index (χ1) is 29.7. The van der Waals surface area contributed by atoms with Gasteiger partial charge < -0.3 is 20.0 Å². The van der Waals surface area contributed by atoms with Gasteiger partial charge in [0.25, 0.3) is 5.56 Å². The van der Waals surface area contributed by atoms with E-state index < -0.39 is 0 Å². The Morgan fingerprint density at radius 2 is 1.62 bits per heavy atom. The first kappa shape index (κ1) is 42.7. The van der Waals surface area contributed by atoms with Crippen LogP contribution in [0.5, 0.6) is 0 Å². The van der Waals surface area contributed by atoms with E-state index in [0.717, 1.165) is 110 Å². The Morgan fingerprint density at radius 1 is 0.852 bits per heavy atom. The number of aromatic nitrogens is 3. The van der Waals surface area contributed by atoms with E-state index >= 15 is 0 Å². The number of carbonyl (C=O) groups is 3. The number of likely N-dealkylation sites (N-methyl/N-ethyl adjacent to an activating group) is 1. The molecule has 3 aromatic carbocycles. The van der Waals surface area contributed by atoms with Crippen molar-refractivity contribution in [1.29, 1.82) is 0 Å². The van der Waals surface area contributed by atoms with Gasteiger partial charge in [-0.15, -0.1) is 0 Å². The molecule has 0 bridgehead atoms. The number of anilines is 1. The largest absolute Gasteiger partial charge is 0.342 e. The molecule has 12 heteroatoms. The highest BCUT2D eigenvalue weighted by Crippen LogP contribution is 2.33. The molecule has 2 saturated heterocycles. The second kappa shape index (κ2) is 19.8. The highest BCUT2D eigenvalue weighted by atomic mass is 35.5. The van der Waals surface area contributed by atoms with Gasteiger partial charge in [-0.2, -0.15) is 0 Å². The fourth-order valence-corrected chi connectivity index (χ4v) is 9.73. The lowest BCUT2D eigenvalue weighted by Gasteiger charge is -2.34. The Kier molecular flexibility index (Phi) is 13.9. The zero-order chi connectivity index (χ0) is 42.3. The van der Waals surface area contributed by atoms with E-state index in [2.05, 4.69) is 39.3 Å². The van der Waals surface area contributed by atoms with Gasteiger partial charge in [-0.1, -0.05) is 60.5 Å². The third-order valence-electron chi connectivity index (χ3n) is 13.1. The number of unbranched alkanes of at least 4 members (excludes halogenated alkanes) is 1. The van der Waals surface area contributed by atoms with Crippen LogP contribution in [0.2, 0.25) is 5.02 Å². The van der Waals surface area contributed by atoms with Crippen molar-refractivity contribution in [2.75, 3.05) is 58.2 Å². The van der Waals surface area contributed by atoms with Crippen LogP contribution in [0.3, 0.4) is 0 Å². The van der Waals surface area contributed by atoms with E-state index in [1.807, 2.05) is 41.3 Å². The topological polar surface area (TPSA) is 121 Å². The van der Waals surface area contributed by atoms with Gasteiger partial charge in [-0.3, -0.25) is 28.7 Å². The lowest BCUT2D eigenvalue weighted by Crippen LogP contribution is -2.45. The summed E-state index contributed by atoms with van der Waals surface area (Å²) >= 11 is 6.78. The smallest absolute Gasteiger partial charge is 0.261 e. The van der Waals surface area contributed by atoms with E-state index in [-0.39, 0.29) is 35.0 Å². The number of benzene rings is 3. The number of pyridine rings is 1. The minimum absolute atomic E-state index is 0.0472. The van der Waals surface area contributed by atoms with Crippen LogP contribution < -0.4 is 10.9 Å². The van der Waals surface area contributed by atoms with Crippen molar-refractivity contribution in [2.45, 2.75) is 83.6 Å². The summed E-state index contributed by atoms with van der Waals surface area (Å²) in [5.74, 6) is 0.277. The number of fused-ring (bicyclic) bond motifs is 3. The number of likely N-dealkylation sites (tertiary alicyclic amines) is 1. The molecule has 5 aromatic rings. The van der Waals surface area contributed by atoms with Gasteiger partial charge in [0, 0.05) is 93.4 Å². The molecular formula is C49H58ClN7O4. The minimum atomic E-state index is -0.175. The number of aryl methyl sites for hydroxylation is 1. The van der Waals surface area contributed by atoms with Crippen molar-refractivity contribution < 1.29 is 14.4 Å². The molecule has 1 unspecified atom stereocenters. The molecule has 1 atom stereocenters. The SMILES string of the molecule is CN1CCN(CCC(=O)Nc2ccc3c(=O)n(CC4CCN(C(=O)C(CCCCC(=O)c5ccc6c(Cl)c7c(nc6c5)CCCC7)Cc5ccccc5)CC4)cnc3c2)CC1. The Labute approximate surface area is 363 Å². The average Bonchev–Trinajstić information content (AvgIpc) is 3.28. The standard InChI is InChI=1S/C49H58ClN7O4/c1-54-25-27-55(28-26-54)22-21-46(59)52-38-16-18-41-43(31-38)51-33-57(49(41)61)32-35-19-23-56(24-20-35)48(60)37(29-34-9-3-2-4-10-34)11-5-8-14-45(58)36-15-17-40-44(30-36)53-42-13-7-6-12-39(42)47(40)50/h2-4,9-10,15-18,30-31,33,35,37H,5-8,11-14,19-29,32H2,1H3,(H,52,59). The molecule has 11 nitrogen and oxygen atoms in total. The lowest BCUT2D eigenvalue weighted by molar-refractivity contribution is -0.137. The number of nitrogens with zero attached hydrogens (tertiary/aromatic N) is 6. The van der Waals surface area contributed by atoms with Crippen molar-refractivity contribution in [2.24, 2.45) is 11.8 Å². The molecule has 2 amide bonds. The highest BCUT2D eigenvalue weighted by molar-refractivity contribution is 6.36. The van der Waals surface area contributed by atoms with Gasteiger partial charge in [0.1, 0.15) is 0 Å². The first-order valence-corrected chi connectivity index (χ1v) is 22.7. The number of hydrogen-bond donors (Lipinski definition) is 1. The van der Waals surface area contributed by atoms with E-state index in [1.165, 1.54) is 0 Å². The van der Waals surface area contributed by atoms with Crippen LogP contribution in [0.25, 0.3) is 21.8 Å². The molecule has 0 radical (unpaired) electrons. The summed E-state index contributed by atoms with van der Waals surface area (Å²) in [4.78, 5) is 69.9. The minimum Gasteiger partial charge on any atom is -0.342 e. The zero-order valence-corrected chi connectivity index (χ0v) is 36.2. The lowest BCUT2D eigenvalue weighted by atomic mass is 9.90. The maximum absolute atomic E-state index is 14.1. The van der Waals surface area contributed by atoms with E-state index in [1.54, 1.807) is 29.1 Å². The number of piperazine rings is 1. The van der Waals surface area contributed by atoms with Gasteiger partial charge in [-0.05, 0) is 106 Å². The van der Waals surface area contributed by atoms with E-state index in [9.17, 15) is 19.2 Å². The molecule has 61 heavy (non-hydrogen) atoms. The summed E-state index contributed by atoms with van der Waals surface area (Å²) in [7, 11) is 2.12. The molecule has 0 spiro atoms. The number of amides is 2. The van der Waals surface area contributed by atoms with Gasteiger partial charge in [0.15, 0.2) is 5.78 Å². The predicted molar refractivity (Wildman–Crippen MR) is 242 cm³/mol. The van der Waals surface area contributed by atoms with Crippen LogP contribution in [-0.4, -0.2) is 99.7 Å². The fraction of sp³-hybridized carbons (Fsp3) is 0.469. The summed E-state index contributed by atoms with van der Waals surface area (Å²) in [6.07, 6.45) is 11.0. The zero-order valence-electron chi connectivity index (χ0n) is 35.4. The molecule has 2 aliphatic heterocycles. The maximum Gasteiger partial charge on any atom is 0.261 e.